The third-order valence-electron chi connectivity index (χ3n) is 2.69. The van der Waals surface area contributed by atoms with Gasteiger partial charge in [0.25, 0.3) is 0 Å². The Hall–Kier alpha value is -3.07. The molecule has 0 aliphatic rings. The van der Waals surface area contributed by atoms with Gasteiger partial charge in [-0.1, -0.05) is 12.1 Å². The molecule has 2 aromatic rings. The molecule has 2 rings (SSSR count). The highest BCUT2D eigenvalue weighted by molar-refractivity contribution is 6.01. The van der Waals surface area contributed by atoms with E-state index in [2.05, 4.69) is 10.6 Å². The topological polar surface area (TPSA) is 74.1 Å². The van der Waals surface area contributed by atoms with Gasteiger partial charge in [0.05, 0.1) is 12.7 Å². The zero-order valence-electron chi connectivity index (χ0n) is 11.2. The Morgan fingerprint density at radius 1 is 1.24 bits per heavy atom. The van der Waals surface area contributed by atoms with E-state index in [1.165, 1.54) is 25.3 Å². The first-order valence-electron chi connectivity index (χ1n) is 6.04. The quantitative estimate of drug-likeness (QED) is 0.908. The van der Waals surface area contributed by atoms with Crippen LogP contribution < -0.4 is 15.4 Å². The molecule has 0 saturated heterocycles. The minimum absolute atomic E-state index is 0.261. The summed E-state index contributed by atoms with van der Waals surface area (Å²) in [6.07, 6.45) is 0. The van der Waals surface area contributed by atoms with E-state index in [4.69, 9.17) is 10.00 Å². The molecule has 0 radical (unpaired) electrons. The molecule has 21 heavy (non-hydrogen) atoms. The van der Waals surface area contributed by atoms with Crippen LogP contribution in [0.2, 0.25) is 0 Å². The molecule has 0 heterocycles. The van der Waals surface area contributed by atoms with E-state index in [1.54, 1.807) is 24.3 Å². The second-order valence-electron chi connectivity index (χ2n) is 4.08. The van der Waals surface area contributed by atoms with Crippen LogP contribution in [0.4, 0.5) is 20.6 Å². The third-order valence-corrected chi connectivity index (χ3v) is 2.69. The lowest BCUT2D eigenvalue weighted by molar-refractivity contribution is 0.262. The maximum absolute atomic E-state index is 13.0. The van der Waals surface area contributed by atoms with Crippen molar-refractivity contribution in [3.63, 3.8) is 0 Å². The van der Waals surface area contributed by atoms with Crippen LogP contribution in [-0.4, -0.2) is 13.1 Å². The van der Waals surface area contributed by atoms with Gasteiger partial charge in [-0.15, -0.1) is 0 Å². The minimum Gasteiger partial charge on any atom is -0.495 e. The van der Waals surface area contributed by atoms with Gasteiger partial charge in [0.2, 0.25) is 0 Å². The summed E-state index contributed by atoms with van der Waals surface area (Å²) < 4.78 is 18.2. The van der Waals surface area contributed by atoms with E-state index in [1.807, 2.05) is 6.07 Å². The van der Waals surface area contributed by atoms with E-state index in [9.17, 15) is 9.18 Å². The molecule has 2 N–H and O–H groups in total. The van der Waals surface area contributed by atoms with Crippen LogP contribution in [0, 0.1) is 17.1 Å². The standard InChI is InChI=1S/C15H12FN3O2/c1-21-13-7-2-4-10(9-17)14(13)19-15(20)18-12-6-3-5-11(16)8-12/h2-8H,1H3,(H2,18,19,20). The highest BCUT2D eigenvalue weighted by Gasteiger charge is 2.12. The summed E-state index contributed by atoms with van der Waals surface area (Å²) in [5.74, 6) is -0.0914. The Kier molecular flexibility index (Phi) is 4.36. The molecule has 0 aliphatic heterocycles. The molecule has 0 unspecified atom stereocenters. The van der Waals surface area contributed by atoms with Crippen molar-refractivity contribution >= 4 is 17.4 Å². The number of nitrogens with zero attached hydrogens (tertiary/aromatic N) is 1. The molecule has 0 aromatic heterocycles. The second kappa shape index (κ2) is 6.39. The van der Waals surface area contributed by atoms with Crippen LogP contribution in [0.25, 0.3) is 0 Å². The van der Waals surface area contributed by atoms with Crippen molar-refractivity contribution in [3.05, 3.63) is 53.8 Å². The molecule has 0 aliphatic carbocycles. The number of hydrogen-bond donors (Lipinski definition) is 2. The van der Waals surface area contributed by atoms with Crippen molar-refractivity contribution < 1.29 is 13.9 Å². The molecule has 0 spiro atoms. The van der Waals surface area contributed by atoms with Gasteiger partial charge in [-0.05, 0) is 30.3 Å². The first-order valence-corrected chi connectivity index (χ1v) is 6.04. The number of carbonyl (C=O) groups excluding carboxylic acids is 1. The summed E-state index contributed by atoms with van der Waals surface area (Å²) in [5, 5.41) is 14.1. The molecular formula is C15H12FN3O2. The number of nitriles is 1. The van der Waals surface area contributed by atoms with Crippen LogP contribution in [0.3, 0.4) is 0 Å². The summed E-state index contributed by atoms with van der Waals surface area (Å²) >= 11 is 0. The zero-order chi connectivity index (χ0) is 15.2. The number of urea groups is 1. The Labute approximate surface area is 121 Å². The normalized spacial score (nSPS) is 9.57. The van der Waals surface area contributed by atoms with Crippen LogP contribution >= 0.6 is 0 Å². The number of nitrogens with one attached hydrogen (secondary N) is 2. The largest absolute Gasteiger partial charge is 0.495 e. The number of carbonyl (C=O) groups is 1. The van der Waals surface area contributed by atoms with Gasteiger partial charge in [-0.2, -0.15) is 5.26 Å². The van der Waals surface area contributed by atoms with Crippen molar-refractivity contribution in [2.75, 3.05) is 17.7 Å². The average molecular weight is 285 g/mol. The lowest BCUT2D eigenvalue weighted by Gasteiger charge is -2.12. The van der Waals surface area contributed by atoms with Crippen molar-refractivity contribution in [2.45, 2.75) is 0 Å². The molecule has 6 heteroatoms. The number of halogens is 1. The Morgan fingerprint density at radius 3 is 2.67 bits per heavy atom. The summed E-state index contributed by atoms with van der Waals surface area (Å²) in [7, 11) is 1.44. The molecule has 5 nitrogen and oxygen atoms in total. The summed E-state index contributed by atoms with van der Waals surface area (Å²) in [5.41, 5.74) is 0.834. The molecule has 0 fully saturated rings. The predicted molar refractivity (Wildman–Crippen MR) is 76.8 cm³/mol. The van der Waals surface area contributed by atoms with E-state index in [-0.39, 0.29) is 11.3 Å². The number of hydrogen-bond acceptors (Lipinski definition) is 3. The monoisotopic (exact) mass is 285 g/mol. The predicted octanol–water partition coefficient (Wildman–Crippen LogP) is 3.35. The summed E-state index contributed by atoms with van der Waals surface area (Å²) in [4.78, 5) is 11.9. The SMILES string of the molecule is COc1cccc(C#N)c1NC(=O)Nc1cccc(F)c1. The first-order chi connectivity index (χ1) is 10.1. The average Bonchev–Trinajstić information content (AvgIpc) is 2.47. The van der Waals surface area contributed by atoms with E-state index < -0.39 is 11.8 Å². The van der Waals surface area contributed by atoms with Gasteiger partial charge < -0.3 is 15.4 Å². The molecule has 2 amide bonds. The maximum atomic E-state index is 13.0. The summed E-state index contributed by atoms with van der Waals surface area (Å²) in [6, 6.07) is 11.7. The van der Waals surface area contributed by atoms with Crippen molar-refractivity contribution in [1.29, 1.82) is 5.26 Å². The fraction of sp³-hybridized carbons (Fsp3) is 0.0667. The highest BCUT2D eigenvalue weighted by atomic mass is 19.1. The van der Waals surface area contributed by atoms with Crippen LogP contribution in [0.1, 0.15) is 5.56 Å². The first kappa shape index (κ1) is 14.3. The van der Waals surface area contributed by atoms with Crippen LogP contribution in [0.5, 0.6) is 5.75 Å². The summed E-state index contributed by atoms with van der Waals surface area (Å²) in [6.45, 7) is 0. The van der Waals surface area contributed by atoms with Gasteiger partial charge >= 0.3 is 6.03 Å². The molecule has 0 bridgehead atoms. The number of para-hydroxylation sites is 1. The van der Waals surface area contributed by atoms with Gasteiger partial charge in [0, 0.05) is 5.69 Å². The number of anilines is 2. The second-order valence-corrected chi connectivity index (χ2v) is 4.08. The number of methoxy groups -OCH3 is 1. The van der Waals surface area contributed by atoms with Gasteiger partial charge in [0.15, 0.2) is 0 Å². The molecule has 0 saturated carbocycles. The fourth-order valence-corrected chi connectivity index (χ4v) is 1.77. The molecule has 2 aromatic carbocycles. The van der Waals surface area contributed by atoms with Crippen molar-refractivity contribution in [2.24, 2.45) is 0 Å². The fourth-order valence-electron chi connectivity index (χ4n) is 1.77. The minimum atomic E-state index is -0.596. The number of amides is 2. The Balaban J connectivity index is 2.18. The van der Waals surface area contributed by atoms with Gasteiger partial charge in [0.1, 0.15) is 23.3 Å². The molecule has 0 atom stereocenters. The zero-order valence-corrected chi connectivity index (χ0v) is 11.2. The number of ether oxygens (including phenoxy) is 1. The van der Waals surface area contributed by atoms with E-state index in [0.717, 1.165) is 0 Å². The number of benzene rings is 2. The third kappa shape index (κ3) is 3.48. The van der Waals surface area contributed by atoms with Gasteiger partial charge in [-0.25, -0.2) is 9.18 Å². The van der Waals surface area contributed by atoms with Crippen molar-refractivity contribution in [1.82, 2.24) is 0 Å². The lowest BCUT2D eigenvalue weighted by atomic mass is 10.2. The lowest BCUT2D eigenvalue weighted by Crippen LogP contribution is -2.20. The Morgan fingerprint density at radius 2 is 2.00 bits per heavy atom. The molecular weight excluding hydrogens is 273 g/mol. The van der Waals surface area contributed by atoms with Crippen LogP contribution in [-0.2, 0) is 0 Å². The van der Waals surface area contributed by atoms with E-state index in [0.29, 0.717) is 11.4 Å². The van der Waals surface area contributed by atoms with E-state index >= 15 is 0 Å². The van der Waals surface area contributed by atoms with Gasteiger partial charge in [-0.3, -0.25) is 0 Å². The smallest absolute Gasteiger partial charge is 0.323 e. The van der Waals surface area contributed by atoms with Crippen LogP contribution in [0.15, 0.2) is 42.5 Å². The van der Waals surface area contributed by atoms with Crippen molar-refractivity contribution in [3.8, 4) is 11.8 Å². The number of rotatable bonds is 3. The maximum Gasteiger partial charge on any atom is 0.323 e. The molecule has 106 valence electrons. The highest BCUT2D eigenvalue weighted by Crippen LogP contribution is 2.27. The Bertz CT molecular complexity index is 710.